The molecule has 0 radical (unpaired) electrons. The van der Waals surface area contributed by atoms with E-state index < -0.39 is 5.82 Å². The van der Waals surface area contributed by atoms with Gasteiger partial charge in [-0.3, -0.25) is 14.9 Å². The third-order valence-electron chi connectivity index (χ3n) is 5.83. The number of thioether (sulfide) groups is 1. The van der Waals surface area contributed by atoms with Crippen LogP contribution >= 0.6 is 23.4 Å². The Morgan fingerprint density at radius 2 is 2.00 bits per heavy atom. The lowest BCUT2D eigenvalue weighted by Gasteiger charge is -2.70. The van der Waals surface area contributed by atoms with E-state index in [0.717, 1.165) is 37.6 Å². The van der Waals surface area contributed by atoms with Crippen molar-refractivity contribution in [1.82, 2.24) is 21.3 Å². The SMILES string of the molecule is CCSC1CNCC(C(=O)NC23CC(NC(=O)COc4ccc(Cl)c(F)c4)(C2)C3)N1. The zero-order valence-electron chi connectivity index (χ0n) is 16.7. The number of piperazine rings is 1. The first kappa shape index (κ1) is 21.7. The molecule has 10 heteroatoms. The Balaban J connectivity index is 1.19. The molecule has 30 heavy (non-hydrogen) atoms. The van der Waals surface area contributed by atoms with Crippen LogP contribution in [-0.2, 0) is 9.59 Å². The number of benzene rings is 1. The third kappa shape index (κ3) is 4.54. The van der Waals surface area contributed by atoms with Crippen LogP contribution in [0.5, 0.6) is 5.75 Å². The molecule has 164 valence electrons. The number of rotatable bonds is 8. The van der Waals surface area contributed by atoms with E-state index >= 15 is 0 Å². The van der Waals surface area contributed by atoms with Gasteiger partial charge in [0.15, 0.2) is 6.61 Å². The summed E-state index contributed by atoms with van der Waals surface area (Å²) in [6.07, 6.45) is 2.17. The Kier molecular flexibility index (Phi) is 6.16. The second-order valence-electron chi connectivity index (χ2n) is 8.31. The van der Waals surface area contributed by atoms with Gasteiger partial charge in [-0.15, -0.1) is 11.8 Å². The summed E-state index contributed by atoms with van der Waals surface area (Å²) in [5.74, 6) is 0.408. The molecule has 0 spiro atoms. The van der Waals surface area contributed by atoms with Gasteiger partial charge in [0, 0.05) is 30.2 Å². The maximum Gasteiger partial charge on any atom is 0.258 e. The summed E-state index contributed by atoms with van der Waals surface area (Å²) in [4.78, 5) is 24.9. The van der Waals surface area contributed by atoms with E-state index in [2.05, 4.69) is 28.2 Å². The van der Waals surface area contributed by atoms with E-state index in [0.29, 0.717) is 6.54 Å². The molecule has 3 aliphatic carbocycles. The lowest BCUT2D eigenvalue weighted by Crippen LogP contribution is -2.84. The lowest BCUT2D eigenvalue weighted by molar-refractivity contribution is -0.151. The van der Waals surface area contributed by atoms with E-state index in [1.54, 1.807) is 11.8 Å². The molecule has 5 rings (SSSR count). The quantitative estimate of drug-likeness (QED) is 0.473. The smallest absolute Gasteiger partial charge is 0.258 e. The molecule has 2 amide bonds. The van der Waals surface area contributed by atoms with Crippen molar-refractivity contribution in [1.29, 1.82) is 0 Å². The van der Waals surface area contributed by atoms with Gasteiger partial charge in [0.2, 0.25) is 5.91 Å². The van der Waals surface area contributed by atoms with Gasteiger partial charge in [-0.1, -0.05) is 18.5 Å². The summed E-state index contributed by atoms with van der Waals surface area (Å²) in [5.41, 5.74) is -0.477. The molecule has 4 fully saturated rings. The zero-order chi connectivity index (χ0) is 21.4. The second-order valence-corrected chi connectivity index (χ2v) is 10.2. The lowest BCUT2D eigenvalue weighted by atomic mass is 9.44. The van der Waals surface area contributed by atoms with Crippen LogP contribution in [-0.4, -0.2) is 59.8 Å². The van der Waals surface area contributed by atoms with Crippen molar-refractivity contribution in [3.05, 3.63) is 29.0 Å². The molecule has 1 heterocycles. The van der Waals surface area contributed by atoms with Gasteiger partial charge in [0.05, 0.1) is 10.4 Å². The molecule has 2 unspecified atom stereocenters. The van der Waals surface area contributed by atoms with Crippen molar-refractivity contribution >= 4 is 35.2 Å². The Morgan fingerprint density at radius 3 is 2.70 bits per heavy atom. The average Bonchev–Trinajstić information content (AvgIpc) is 2.66. The maximum atomic E-state index is 13.4. The Labute approximate surface area is 184 Å². The standard InChI is InChI=1S/C20H26ClFN4O3S/c1-2-30-17-7-23-6-15(24-17)18(28)26-20-9-19(10-20,11-20)25-16(27)8-29-12-3-4-13(21)14(22)5-12/h3-5,15,17,23-24H,2,6-11H2,1H3,(H,25,27)(H,26,28). The molecular formula is C20H26ClFN4O3S. The highest BCUT2D eigenvalue weighted by molar-refractivity contribution is 7.99. The molecule has 1 aromatic rings. The fourth-order valence-corrected chi connectivity index (χ4v) is 5.64. The van der Waals surface area contributed by atoms with Crippen LogP contribution < -0.4 is 26.0 Å². The second kappa shape index (κ2) is 8.53. The molecule has 4 N–H and O–H groups in total. The summed E-state index contributed by atoms with van der Waals surface area (Å²) < 4.78 is 18.8. The summed E-state index contributed by atoms with van der Waals surface area (Å²) in [6, 6.07) is 3.81. The van der Waals surface area contributed by atoms with E-state index in [1.165, 1.54) is 12.1 Å². The number of carbonyl (C=O) groups is 2. The van der Waals surface area contributed by atoms with Crippen molar-refractivity contribution in [2.45, 2.75) is 48.7 Å². The van der Waals surface area contributed by atoms with Crippen LogP contribution in [0.1, 0.15) is 26.2 Å². The summed E-state index contributed by atoms with van der Waals surface area (Å²) in [7, 11) is 0. The minimum atomic E-state index is -0.589. The first-order valence-corrected chi connectivity index (χ1v) is 11.5. The number of hydrogen-bond acceptors (Lipinski definition) is 6. The minimum absolute atomic E-state index is 0.00635. The van der Waals surface area contributed by atoms with Crippen LogP contribution in [0.2, 0.25) is 5.02 Å². The summed E-state index contributed by atoms with van der Waals surface area (Å²) >= 11 is 7.42. The molecule has 2 bridgehead atoms. The van der Waals surface area contributed by atoms with Gasteiger partial charge in [0.25, 0.3) is 5.91 Å². The molecule has 7 nitrogen and oxygen atoms in total. The van der Waals surface area contributed by atoms with Gasteiger partial charge in [-0.2, -0.15) is 0 Å². The topological polar surface area (TPSA) is 91.5 Å². The maximum absolute atomic E-state index is 13.4. The number of carbonyl (C=O) groups excluding carboxylic acids is 2. The molecule has 0 aromatic heterocycles. The number of nitrogens with one attached hydrogen (secondary N) is 4. The van der Waals surface area contributed by atoms with E-state index in [-0.39, 0.29) is 51.7 Å². The van der Waals surface area contributed by atoms with Gasteiger partial charge < -0.3 is 20.7 Å². The largest absolute Gasteiger partial charge is 0.484 e. The monoisotopic (exact) mass is 456 g/mol. The van der Waals surface area contributed by atoms with Crippen LogP contribution in [0, 0.1) is 5.82 Å². The van der Waals surface area contributed by atoms with Crippen LogP contribution in [0.4, 0.5) is 4.39 Å². The summed E-state index contributed by atoms with van der Waals surface area (Å²) in [5, 5.41) is 13.1. The number of ether oxygens (including phenoxy) is 1. The normalized spacial score (nSPS) is 31.8. The molecule has 1 saturated heterocycles. The van der Waals surface area contributed by atoms with Gasteiger partial charge in [-0.05, 0) is 37.1 Å². The van der Waals surface area contributed by atoms with Crippen molar-refractivity contribution < 1.29 is 18.7 Å². The third-order valence-corrected chi connectivity index (χ3v) is 7.18. The predicted molar refractivity (Wildman–Crippen MR) is 114 cm³/mol. The predicted octanol–water partition coefficient (Wildman–Crippen LogP) is 1.41. The molecule has 1 aliphatic heterocycles. The van der Waals surface area contributed by atoms with Crippen molar-refractivity contribution in [3.8, 4) is 5.75 Å². The Bertz CT molecular complexity index is 820. The van der Waals surface area contributed by atoms with Gasteiger partial charge in [-0.25, -0.2) is 4.39 Å². The van der Waals surface area contributed by atoms with Crippen molar-refractivity contribution in [2.24, 2.45) is 0 Å². The van der Waals surface area contributed by atoms with Gasteiger partial charge in [0.1, 0.15) is 17.6 Å². The highest BCUT2D eigenvalue weighted by Crippen LogP contribution is 2.60. The number of hydrogen-bond donors (Lipinski definition) is 4. The average molecular weight is 457 g/mol. The Morgan fingerprint density at radius 1 is 1.27 bits per heavy atom. The van der Waals surface area contributed by atoms with Crippen molar-refractivity contribution in [3.63, 3.8) is 0 Å². The first-order chi connectivity index (χ1) is 14.3. The number of halogens is 2. The van der Waals surface area contributed by atoms with Crippen LogP contribution in [0.25, 0.3) is 0 Å². The molecular weight excluding hydrogens is 431 g/mol. The molecule has 3 saturated carbocycles. The molecule has 2 atom stereocenters. The van der Waals surface area contributed by atoms with Crippen LogP contribution in [0.15, 0.2) is 18.2 Å². The minimum Gasteiger partial charge on any atom is -0.484 e. The van der Waals surface area contributed by atoms with Crippen molar-refractivity contribution in [2.75, 3.05) is 25.4 Å². The highest BCUT2D eigenvalue weighted by Gasteiger charge is 2.69. The molecule has 1 aromatic carbocycles. The Hall–Kier alpha value is -1.55. The molecule has 4 aliphatic rings. The zero-order valence-corrected chi connectivity index (χ0v) is 18.3. The van der Waals surface area contributed by atoms with Crippen LogP contribution in [0.3, 0.4) is 0 Å². The fourth-order valence-electron chi connectivity index (χ4n) is 4.63. The van der Waals surface area contributed by atoms with E-state index in [4.69, 9.17) is 16.3 Å². The fraction of sp³-hybridized carbons (Fsp3) is 0.600. The highest BCUT2D eigenvalue weighted by atomic mass is 35.5. The number of amides is 2. The van der Waals surface area contributed by atoms with Gasteiger partial charge >= 0.3 is 0 Å². The summed E-state index contributed by atoms with van der Waals surface area (Å²) in [6.45, 7) is 3.38. The van der Waals surface area contributed by atoms with E-state index in [9.17, 15) is 14.0 Å². The van der Waals surface area contributed by atoms with E-state index in [1.807, 2.05) is 0 Å². The first-order valence-electron chi connectivity index (χ1n) is 10.1.